The molecule has 1 aromatic rings. The van der Waals surface area contributed by atoms with Crippen molar-refractivity contribution in [2.75, 3.05) is 4.31 Å². The van der Waals surface area contributed by atoms with E-state index in [2.05, 4.69) is 0 Å². The number of rotatable bonds is 3. The molecule has 0 aliphatic rings. The van der Waals surface area contributed by atoms with Gasteiger partial charge in [-0.15, -0.1) is 0 Å². The molecular formula is C10H8Cl2F3NO4S. The van der Waals surface area contributed by atoms with Gasteiger partial charge in [-0.05, 0) is 24.1 Å². The predicted octanol–water partition coefficient (Wildman–Crippen LogP) is 3.89. The summed E-state index contributed by atoms with van der Waals surface area (Å²) in [6.07, 6.45) is -2.16. The van der Waals surface area contributed by atoms with Gasteiger partial charge in [-0.2, -0.15) is 25.9 Å². The van der Waals surface area contributed by atoms with E-state index in [-0.39, 0.29) is 17.0 Å². The van der Waals surface area contributed by atoms with E-state index < -0.39 is 36.6 Å². The first-order chi connectivity index (χ1) is 9.45. The Balaban J connectivity index is 3.64. The van der Waals surface area contributed by atoms with E-state index in [0.29, 0.717) is 0 Å². The van der Waals surface area contributed by atoms with Crippen molar-refractivity contribution in [2.45, 2.75) is 18.9 Å². The van der Waals surface area contributed by atoms with E-state index in [1.165, 1.54) is 0 Å². The fourth-order valence-corrected chi connectivity index (χ4v) is 3.10. The quantitative estimate of drug-likeness (QED) is 0.881. The summed E-state index contributed by atoms with van der Waals surface area (Å²) in [4.78, 5) is 11.0. The zero-order valence-electron chi connectivity index (χ0n) is 10.3. The van der Waals surface area contributed by atoms with Crippen LogP contribution in [0.3, 0.4) is 0 Å². The molecular weight excluding hydrogens is 358 g/mol. The SMILES string of the molecule is CCc1c(Cl)ccc(N(C(=O)O)S(=O)(=O)C(F)(F)F)c1Cl. The molecule has 0 radical (unpaired) electrons. The Bertz CT molecular complexity index is 676. The summed E-state index contributed by atoms with van der Waals surface area (Å²) in [5.41, 5.74) is -6.48. The van der Waals surface area contributed by atoms with Crippen molar-refractivity contribution in [1.82, 2.24) is 0 Å². The lowest BCUT2D eigenvalue weighted by molar-refractivity contribution is -0.0437. The summed E-state index contributed by atoms with van der Waals surface area (Å²) < 4.78 is 59.6. The first-order valence-corrected chi connectivity index (χ1v) is 7.46. The average molecular weight is 366 g/mol. The number of benzene rings is 1. The van der Waals surface area contributed by atoms with Gasteiger partial charge >= 0.3 is 21.6 Å². The molecule has 0 heterocycles. The summed E-state index contributed by atoms with van der Waals surface area (Å²) in [7, 11) is -6.14. The normalized spacial score (nSPS) is 12.3. The summed E-state index contributed by atoms with van der Waals surface area (Å²) in [5, 5.41) is 8.45. The third kappa shape index (κ3) is 3.19. The molecule has 0 saturated heterocycles. The van der Waals surface area contributed by atoms with Crippen LogP contribution in [0.1, 0.15) is 12.5 Å². The number of carbonyl (C=O) groups is 1. The number of carboxylic acid groups (broad SMARTS) is 1. The van der Waals surface area contributed by atoms with Crippen LogP contribution in [0.5, 0.6) is 0 Å². The minimum absolute atomic E-state index is 0.0843. The highest BCUT2D eigenvalue weighted by Crippen LogP contribution is 2.38. The minimum atomic E-state index is -6.14. The lowest BCUT2D eigenvalue weighted by Crippen LogP contribution is -2.44. The molecule has 0 aliphatic heterocycles. The molecule has 0 unspecified atom stereocenters. The van der Waals surface area contributed by atoms with Crippen LogP contribution in [-0.4, -0.2) is 25.1 Å². The number of hydrogen-bond donors (Lipinski definition) is 1. The topological polar surface area (TPSA) is 74.7 Å². The van der Waals surface area contributed by atoms with Gasteiger partial charge in [-0.1, -0.05) is 30.1 Å². The van der Waals surface area contributed by atoms with Crippen LogP contribution in [0.4, 0.5) is 23.7 Å². The molecule has 0 spiro atoms. The van der Waals surface area contributed by atoms with Gasteiger partial charge < -0.3 is 5.11 Å². The van der Waals surface area contributed by atoms with Crippen molar-refractivity contribution in [2.24, 2.45) is 0 Å². The van der Waals surface area contributed by atoms with Crippen molar-refractivity contribution in [3.05, 3.63) is 27.7 Å². The number of amides is 1. The van der Waals surface area contributed by atoms with Crippen molar-refractivity contribution < 1.29 is 31.5 Å². The smallest absolute Gasteiger partial charge is 0.464 e. The van der Waals surface area contributed by atoms with Crippen LogP contribution >= 0.6 is 23.2 Å². The second-order valence-corrected chi connectivity index (χ2v) is 6.27. The van der Waals surface area contributed by atoms with Gasteiger partial charge in [0.2, 0.25) is 0 Å². The van der Waals surface area contributed by atoms with Gasteiger partial charge in [-0.25, -0.2) is 4.79 Å². The van der Waals surface area contributed by atoms with Crippen LogP contribution in [0.25, 0.3) is 0 Å². The van der Waals surface area contributed by atoms with Crippen LogP contribution in [0.15, 0.2) is 12.1 Å². The Morgan fingerprint density at radius 3 is 2.24 bits per heavy atom. The highest BCUT2D eigenvalue weighted by molar-refractivity contribution is 7.94. The molecule has 0 aromatic heterocycles. The fraction of sp³-hybridized carbons (Fsp3) is 0.300. The largest absolute Gasteiger partial charge is 0.517 e. The average Bonchev–Trinajstić information content (AvgIpc) is 2.31. The third-order valence-corrected chi connectivity index (χ3v) is 4.64. The van der Waals surface area contributed by atoms with Crippen LogP contribution < -0.4 is 4.31 Å². The second-order valence-electron chi connectivity index (χ2n) is 3.71. The Kier molecular flexibility index (Phi) is 5.01. The maximum Gasteiger partial charge on any atom is 0.517 e. The lowest BCUT2D eigenvalue weighted by Gasteiger charge is -2.22. The van der Waals surface area contributed by atoms with Crippen molar-refractivity contribution in [1.29, 1.82) is 0 Å². The van der Waals surface area contributed by atoms with Gasteiger partial charge in [0.05, 0.1) is 10.7 Å². The van der Waals surface area contributed by atoms with Gasteiger partial charge in [0.25, 0.3) is 0 Å². The van der Waals surface area contributed by atoms with Gasteiger partial charge in [0.15, 0.2) is 0 Å². The molecule has 0 saturated carbocycles. The molecule has 1 aromatic carbocycles. The van der Waals surface area contributed by atoms with Gasteiger partial charge in [-0.3, -0.25) is 0 Å². The van der Waals surface area contributed by atoms with Gasteiger partial charge in [0, 0.05) is 5.02 Å². The second kappa shape index (κ2) is 5.90. The van der Waals surface area contributed by atoms with Crippen molar-refractivity contribution in [3.63, 3.8) is 0 Å². The number of alkyl halides is 3. The summed E-state index contributed by atoms with van der Waals surface area (Å²) in [6, 6.07) is 1.87. The molecule has 0 aliphatic carbocycles. The molecule has 0 fully saturated rings. The van der Waals surface area contributed by atoms with Crippen molar-refractivity contribution in [3.8, 4) is 0 Å². The summed E-state index contributed by atoms with van der Waals surface area (Å²) >= 11 is 11.6. The summed E-state index contributed by atoms with van der Waals surface area (Å²) in [6.45, 7) is 1.57. The number of nitrogens with zero attached hydrogens (tertiary/aromatic N) is 1. The number of sulfonamides is 1. The van der Waals surface area contributed by atoms with E-state index in [1.807, 2.05) is 0 Å². The molecule has 1 N–H and O–H groups in total. The van der Waals surface area contributed by atoms with E-state index >= 15 is 0 Å². The summed E-state index contributed by atoms with van der Waals surface area (Å²) in [5.74, 6) is 0. The first kappa shape index (κ1) is 17.9. The monoisotopic (exact) mass is 365 g/mol. The minimum Gasteiger partial charge on any atom is -0.464 e. The molecule has 0 bridgehead atoms. The Hall–Kier alpha value is -1.19. The number of halogens is 5. The molecule has 21 heavy (non-hydrogen) atoms. The van der Waals surface area contributed by atoms with E-state index in [1.54, 1.807) is 6.92 Å². The fourth-order valence-electron chi connectivity index (χ4n) is 1.51. The molecule has 11 heteroatoms. The standard InChI is InChI=1S/C10H8Cl2F3NO4S/c1-2-5-6(11)3-4-7(8(5)12)16(9(17)18)21(19,20)10(13,14)15/h3-4H,2H2,1H3,(H,17,18). The van der Waals surface area contributed by atoms with E-state index in [4.69, 9.17) is 28.3 Å². The molecule has 1 rings (SSSR count). The Labute approximate surface area is 127 Å². The molecule has 118 valence electrons. The zero-order chi connectivity index (χ0) is 16.6. The molecule has 5 nitrogen and oxygen atoms in total. The molecule has 1 amide bonds. The Morgan fingerprint density at radius 1 is 1.33 bits per heavy atom. The van der Waals surface area contributed by atoms with Crippen molar-refractivity contribution >= 4 is 45.0 Å². The maximum absolute atomic E-state index is 12.6. The van der Waals surface area contributed by atoms with E-state index in [0.717, 1.165) is 12.1 Å². The number of anilines is 1. The lowest BCUT2D eigenvalue weighted by atomic mass is 10.1. The Morgan fingerprint density at radius 2 is 1.86 bits per heavy atom. The highest BCUT2D eigenvalue weighted by atomic mass is 35.5. The van der Waals surface area contributed by atoms with Crippen LogP contribution in [0, 0.1) is 0 Å². The van der Waals surface area contributed by atoms with Crippen LogP contribution in [-0.2, 0) is 16.4 Å². The highest BCUT2D eigenvalue weighted by Gasteiger charge is 2.53. The maximum atomic E-state index is 12.6. The van der Waals surface area contributed by atoms with Gasteiger partial charge in [0.1, 0.15) is 0 Å². The predicted molar refractivity (Wildman–Crippen MR) is 71.3 cm³/mol. The van der Waals surface area contributed by atoms with Crippen LogP contribution in [0.2, 0.25) is 10.0 Å². The first-order valence-electron chi connectivity index (χ1n) is 5.26. The number of hydrogen-bond acceptors (Lipinski definition) is 3. The molecule has 0 atom stereocenters. The third-order valence-electron chi connectivity index (χ3n) is 2.44. The zero-order valence-corrected chi connectivity index (χ0v) is 12.6. The van der Waals surface area contributed by atoms with E-state index in [9.17, 15) is 26.4 Å².